The first kappa shape index (κ1) is 18.4. The first-order valence-electron chi connectivity index (χ1n) is 7.75. The van der Waals surface area contributed by atoms with Crippen molar-refractivity contribution in [3.63, 3.8) is 0 Å². The quantitative estimate of drug-likeness (QED) is 0.663. The van der Waals surface area contributed by atoms with Crippen molar-refractivity contribution in [3.8, 4) is 0 Å². The van der Waals surface area contributed by atoms with Crippen molar-refractivity contribution in [1.29, 1.82) is 0 Å². The molecule has 0 spiro atoms. The third-order valence-electron chi connectivity index (χ3n) is 3.60. The molecule has 3 rings (SSSR count). The number of amides is 2. The zero-order valence-electron chi connectivity index (χ0n) is 14.3. The molecule has 0 fully saturated rings. The second kappa shape index (κ2) is 7.46. The van der Waals surface area contributed by atoms with Gasteiger partial charge in [0.15, 0.2) is 0 Å². The van der Waals surface area contributed by atoms with Crippen molar-refractivity contribution in [2.24, 2.45) is 0 Å². The van der Waals surface area contributed by atoms with Crippen LogP contribution in [0.1, 0.15) is 27.8 Å². The number of anilines is 2. The summed E-state index contributed by atoms with van der Waals surface area (Å²) in [6.45, 7) is 1.28. The Balaban J connectivity index is 2.11. The number of carbonyl (C=O) groups excluding carboxylic acids is 3. The minimum absolute atomic E-state index is 0.0740. The predicted molar refractivity (Wildman–Crippen MR) is 99.1 cm³/mol. The highest BCUT2D eigenvalue weighted by Gasteiger charge is 2.26. The number of furan rings is 1. The van der Waals surface area contributed by atoms with Gasteiger partial charge in [-0.05, 0) is 24.3 Å². The summed E-state index contributed by atoms with van der Waals surface area (Å²) in [5.41, 5.74) is 0.479. The molecule has 2 N–H and O–H groups in total. The number of hydrogen-bond donors (Lipinski definition) is 2. The van der Waals surface area contributed by atoms with Crippen LogP contribution < -0.4 is 10.6 Å². The van der Waals surface area contributed by atoms with Crippen molar-refractivity contribution in [1.82, 2.24) is 4.98 Å². The summed E-state index contributed by atoms with van der Waals surface area (Å²) >= 11 is 5.78. The van der Waals surface area contributed by atoms with Gasteiger partial charge in [0.25, 0.3) is 5.91 Å². The summed E-state index contributed by atoms with van der Waals surface area (Å²) in [5.74, 6) is -1.64. The number of fused-ring (bicyclic) bond motifs is 1. The van der Waals surface area contributed by atoms with Gasteiger partial charge >= 0.3 is 5.97 Å². The molecule has 138 valence electrons. The second-order valence-electron chi connectivity index (χ2n) is 5.47. The lowest BCUT2D eigenvalue weighted by atomic mass is 10.1. The van der Waals surface area contributed by atoms with E-state index in [9.17, 15) is 14.4 Å². The van der Waals surface area contributed by atoms with Crippen LogP contribution in [0, 0.1) is 0 Å². The van der Waals surface area contributed by atoms with Crippen molar-refractivity contribution in [2.45, 2.75) is 6.92 Å². The van der Waals surface area contributed by atoms with Crippen LogP contribution >= 0.6 is 11.6 Å². The van der Waals surface area contributed by atoms with Gasteiger partial charge in [-0.15, -0.1) is 0 Å². The average molecular weight is 388 g/mol. The average Bonchev–Trinajstić information content (AvgIpc) is 3.01. The van der Waals surface area contributed by atoms with Crippen molar-refractivity contribution < 1.29 is 23.5 Å². The summed E-state index contributed by atoms with van der Waals surface area (Å²) in [6.07, 6.45) is 1.37. The maximum absolute atomic E-state index is 12.7. The smallest absolute Gasteiger partial charge is 0.338 e. The van der Waals surface area contributed by atoms with Gasteiger partial charge in [0, 0.05) is 13.1 Å². The SMILES string of the molecule is COC(=O)c1cccc2oc(C(=O)Nc3ccc(Cl)cn3)c(NC(C)=O)c12. The second-order valence-corrected chi connectivity index (χ2v) is 5.91. The van der Waals surface area contributed by atoms with E-state index in [0.717, 1.165) is 0 Å². The highest BCUT2D eigenvalue weighted by atomic mass is 35.5. The number of aromatic nitrogens is 1. The maximum Gasteiger partial charge on any atom is 0.338 e. The van der Waals surface area contributed by atoms with Crippen LogP contribution in [0.25, 0.3) is 11.0 Å². The molecule has 27 heavy (non-hydrogen) atoms. The van der Waals surface area contributed by atoms with Gasteiger partial charge < -0.3 is 19.8 Å². The van der Waals surface area contributed by atoms with Crippen LogP contribution in [0.5, 0.6) is 0 Å². The number of halogens is 1. The number of ether oxygens (including phenoxy) is 1. The molecule has 0 aliphatic rings. The Hall–Kier alpha value is -3.39. The summed E-state index contributed by atoms with van der Waals surface area (Å²) in [5, 5.41) is 5.79. The first-order valence-corrected chi connectivity index (χ1v) is 8.13. The van der Waals surface area contributed by atoms with Gasteiger partial charge in [0.1, 0.15) is 17.1 Å². The molecule has 3 aromatic rings. The molecule has 0 atom stereocenters. The Morgan fingerprint density at radius 1 is 1.15 bits per heavy atom. The lowest BCUT2D eigenvalue weighted by Gasteiger charge is -2.06. The first-order chi connectivity index (χ1) is 12.9. The van der Waals surface area contributed by atoms with E-state index in [1.165, 1.54) is 32.4 Å². The van der Waals surface area contributed by atoms with Crippen LogP contribution in [-0.4, -0.2) is 29.9 Å². The Labute approximate surface area is 158 Å². The van der Waals surface area contributed by atoms with Crippen molar-refractivity contribution in [3.05, 3.63) is 52.9 Å². The minimum atomic E-state index is -0.652. The number of methoxy groups -OCH3 is 1. The number of nitrogens with zero attached hydrogens (tertiary/aromatic N) is 1. The summed E-state index contributed by atoms with van der Waals surface area (Å²) in [6, 6.07) is 7.74. The summed E-state index contributed by atoms with van der Waals surface area (Å²) < 4.78 is 10.4. The third-order valence-corrected chi connectivity index (χ3v) is 3.82. The van der Waals surface area contributed by atoms with E-state index in [1.54, 1.807) is 18.2 Å². The van der Waals surface area contributed by atoms with Crippen LogP contribution in [-0.2, 0) is 9.53 Å². The van der Waals surface area contributed by atoms with E-state index in [0.29, 0.717) is 5.02 Å². The van der Waals surface area contributed by atoms with E-state index in [2.05, 4.69) is 15.6 Å². The molecule has 0 unspecified atom stereocenters. The molecule has 0 aliphatic carbocycles. The fourth-order valence-electron chi connectivity index (χ4n) is 2.51. The number of benzene rings is 1. The van der Waals surface area contributed by atoms with Crippen molar-refractivity contribution in [2.75, 3.05) is 17.7 Å². The molecule has 2 amide bonds. The Morgan fingerprint density at radius 3 is 2.56 bits per heavy atom. The lowest BCUT2D eigenvalue weighted by molar-refractivity contribution is -0.114. The third kappa shape index (κ3) is 3.75. The Morgan fingerprint density at radius 2 is 1.93 bits per heavy atom. The largest absolute Gasteiger partial charge is 0.465 e. The normalized spacial score (nSPS) is 10.5. The Bertz CT molecular complexity index is 1040. The fourth-order valence-corrected chi connectivity index (χ4v) is 2.62. The molecule has 0 aliphatic heterocycles. The van der Waals surface area contributed by atoms with Crippen LogP contribution in [0.15, 0.2) is 40.9 Å². The zero-order valence-corrected chi connectivity index (χ0v) is 15.1. The molecular formula is C18H14ClN3O5. The van der Waals surface area contributed by atoms with Gasteiger partial charge in [-0.1, -0.05) is 17.7 Å². The molecule has 0 saturated heterocycles. The molecule has 0 bridgehead atoms. The molecule has 2 aromatic heterocycles. The monoisotopic (exact) mass is 387 g/mol. The van der Waals surface area contributed by atoms with Crippen LogP contribution in [0.3, 0.4) is 0 Å². The standard InChI is InChI=1S/C18H14ClN3O5/c1-9(23)21-15-14-11(18(25)26-2)4-3-5-12(14)27-16(15)17(24)22-13-7-6-10(19)8-20-13/h3-8H,1-2H3,(H,21,23)(H,20,22,24). The van der Waals surface area contributed by atoms with Crippen molar-refractivity contribution >= 4 is 51.9 Å². The maximum atomic E-state index is 12.7. The molecule has 0 saturated carbocycles. The summed E-state index contributed by atoms with van der Waals surface area (Å²) in [4.78, 5) is 40.4. The number of hydrogen-bond acceptors (Lipinski definition) is 6. The van der Waals surface area contributed by atoms with E-state index in [1.807, 2.05) is 0 Å². The zero-order chi connectivity index (χ0) is 19.6. The Kier molecular flexibility index (Phi) is 5.09. The molecule has 0 radical (unpaired) electrons. The number of esters is 1. The van der Waals surface area contributed by atoms with Gasteiger partial charge in [-0.25, -0.2) is 9.78 Å². The van der Waals surface area contributed by atoms with E-state index < -0.39 is 17.8 Å². The summed E-state index contributed by atoms with van der Waals surface area (Å²) in [7, 11) is 1.24. The highest BCUT2D eigenvalue weighted by Crippen LogP contribution is 2.34. The number of nitrogens with one attached hydrogen (secondary N) is 2. The van der Waals surface area contributed by atoms with Gasteiger partial charge in [0.2, 0.25) is 11.7 Å². The number of rotatable bonds is 4. The molecule has 8 nitrogen and oxygen atoms in total. The van der Waals surface area contributed by atoms with E-state index >= 15 is 0 Å². The molecule has 9 heteroatoms. The minimum Gasteiger partial charge on any atom is -0.465 e. The molecule has 1 aromatic carbocycles. The fraction of sp³-hybridized carbons (Fsp3) is 0.111. The number of carbonyl (C=O) groups is 3. The van der Waals surface area contributed by atoms with Gasteiger partial charge in [0.05, 0.1) is 23.1 Å². The van der Waals surface area contributed by atoms with Gasteiger partial charge in [-0.2, -0.15) is 0 Å². The molecular weight excluding hydrogens is 374 g/mol. The lowest BCUT2D eigenvalue weighted by Crippen LogP contribution is -2.16. The number of pyridine rings is 1. The predicted octanol–water partition coefficient (Wildman–Crippen LogP) is 3.48. The molecule has 2 heterocycles. The van der Waals surface area contributed by atoms with Crippen LogP contribution in [0.2, 0.25) is 5.02 Å². The van der Waals surface area contributed by atoms with E-state index in [4.69, 9.17) is 20.8 Å². The topological polar surface area (TPSA) is 111 Å². The van der Waals surface area contributed by atoms with E-state index in [-0.39, 0.29) is 33.8 Å². The van der Waals surface area contributed by atoms with Gasteiger partial charge in [-0.3, -0.25) is 9.59 Å². The highest BCUT2D eigenvalue weighted by molar-refractivity contribution is 6.30. The van der Waals surface area contributed by atoms with Crippen LogP contribution in [0.4, 0.5) is 11.5 Å².